The van der Waals surface area contributed by atoms with E-state index in [4.69, 9.17) is 8.94 Å². The lowest BCUT2D eigenvalue weighted by molar-refractivity contribution is 0.0785. The van der Waals surface area contributed by atoms with Gasteiger partial charge in [-0.2, -0.15) is 0 Å². The van der Waals surface area contributed by atoms with E-state index in [9.17, 15) is 13.6 Å². The molecule has 3 heterocycles. The highest BCUT2D eigenvalue weighted by Crippen LogP contribution is 2.28. The monoisotopic (exact) mass is 383 g/mol. The van der Waals surface area contributed by atoms with Crippen molar-refractivity contribution in [3.8, 4) is 11.5 Å². The van der Waals surface area contributed by atoms with Gasteiger partial charge in [0, 0.05) is 25.2 Å². The standard InChI is InChI=1S/C20H15F2N3O3/c1-11-18-14(9-16(17-4-3-7-27-17)23-19(18)28-24-11)20(26)25(2)10-12-5-6-13(21)8-15(12)22/h3-9H,10H2,1-2H3. The minimum atomic E-state index is -0.711. The molecule has 28 heavy (non-hydrogen) atoms. The number of furan rings is 1. The van der Waals surface area contributed by atoms with E-state index in [-0.39, 0.29) is 23.7 Å². The largest absolute Gasteiger partial charge is 0.463 e. The van der Waals surface area contributed by atoms with Crippen LogP contribution in [0, 0.1) is 18.6 Å². The summed E-state index contributed by atoms with van der Waals surface area (Å²) in [5.74, 6) is -1.29. The summed E-state index contributed by atoms with van der Waals surface area (Å²) >= 11 is 0. The van der Waals surface area contributed by atoms with Crippen LogP contribution in [0.5, 0.6) is 0 Å². The number of fused-ring (bicyclic) bond motifs is 1. The number of hydrogen-bond donors (Lipinski definition) is 0. The number of aryl methyl sites for hydroxylation is 1. The number of nitrogens with zero attached hydrogens (tertiary/aromatic N) is 3. The Bertz CT molecular complexity index is 1170. The molecule has 1 amide bonds. The van der Waals surface area contributed by atoms with Gasteiger partial charge in [-0.25, -0.2) is 13.8 Å². The quantitative estimate of drug-likeness (QED) is 0.524. The van der Waals surface area contributed by atoms with Gasteiger partial charge in [-0.15, -0.1) is 0 Å². The highest BCUT2D eigenvalue weighted by Gasteiger charge is 2.23. The van der Waals surface area contributed by atoms with Crippen LogP contribution in [0.3, 0.4) is 0 Å². The van der Waals surface area contributed by atoms with Gasteiger partial charge >= 0.3 is 0 Å². The zero-order valence-corrected chi connectivity index (χ0v) is 15.1. The number of pyridine rings is 1. The molecule has 0 saturated carbocycles. The zero-order valence-electron chi connectivity index (χ0n) is 15.1. The van der Waals surface area contributed by atoms with Gasteiger partial charge in [0.2, 0.25) is 0 Å². The maximum Gasteiger partial charge on any atom is 0.259 e. The highest BCUT2D eigenvalue weighted by atomic mass is 19.1. The smallest absolute Gasteiger partial charge is 0.259 e. The summed E-state index contributed by atoms with van der Waals surface area (Å²) in [4.78, 5) is 18.8. The van der Waals surface area contributed by atoms with Crippen LogP contribution < -0.4 is 0 Å². The van der Waals surface area contributed by atoms with E-state index in [1.807, 2.05) is 0 Å². The Morgan fingerprint density at radius 2 is 2.04 bits per heavy atom. The Morgan fingerprint density at radius 3 is 2.75 bits per heavy atom. The van der Waals surface area contributed by atoms with Crippen molar-refractivity contribution >= 4 is 17.0 Å². The molecule has 0 aliphatic heterocycles. The number of rotatable bonds is 4. The number of halogens is 2. The lowest BCUT2D eigenvalue weighted by Gasteiger charge is -2.18. The molecule has 4 rings (SSSR count). The number of benzene rings is 1. The molecular formula is C20H15F2N3O3. The Labute approximate surface area is 158 Å². The zero-order chi connectivity index (χ0) is 19.8. The maximum absolute atomic E-state index is 14.0. The van der Waals surface area contributed by atoms with Crippen molar-refractivity contribution in [1.29, 1.82) is 0 Å². The van der Waals surface area contributed by atoms with Crippen molar-refractivity contribution in [2.24, 2.45) is 0 Å². The molecule has 0 aliphatic carbocycles. The molecule has 3 aromatic heterocycles. The van der Waals surface area contributed by atoms with Gasteiger partial charge in [0.25, 0.3) is 11.6 Å². The summed E-state index contributed by atoms with van der Waals surface area (Å²) in [6.45, 7) is 1.67. The summed E-state index contributed by atoms with van der Waals surface area (Å²) < 4.78 is 37.7. The third-order valence-electron chi connectivity index (χ3n) is 4.39. The van der Waals surface area contributed by atoms with Gasteiger partial charge in [-0.1, -0.05) is 11.2 Å². The third kappa shape index (κ3) is 3.13. The normalized spacial score (nSPS) is 11.1. The van der Waals surface area contributed by atoms with Crippen LogP contribution in [-0.2, 0) is 6.54 Å². The minimum Gasteiger partial charge on any atom is -0.463 e. The molecule has 0 N–H and O–H groups in total. The molecule has 0 radical (unpaired) electrons. The fourth-order valence-corrected chi connectivity index (χ4v) is 3.00. The molecule has 1 aromatic carbocycles. The van der Waals surface area contributed by atoms with Crippen LogP contribution in [0.2, 0.25) is 0 Å². The second-order valence-corrected chi connectivity index (χ2v) is 6.38. The predicted octanol–water partition coefficient (Wildman–Crippen LogP) is 4.34. The van der Waals surface area contributed by atoms with Crippen molar-refractivity contribution in [2.45, 2.75) is 13.5 Å². The van der Waals surface area contributed by atoms with Crippen LogP contribution in [0.25, 0.3) is 22.6 Å². The topological polar surface area (TPSA) is 72.4 Å². The molecule has 0 spiro atoms. The van der Waals surface area contributed by atoms with Gasteiger partial charge in [-0.05, 0) is 31.2 Å². The van der Waals surface area contributed by atoms with Crippen LogP contribution in [0.15, 0.2) is 51.6 Å². The Kier molecular flexibility index (Phi) is 4.38. The number of amides is 1. The molecule has 142 valence electrons. The van der Waals surface area contributed by atoms with E-state index in [2.05, 4.69) is 10.1 Å². The fourth-order valence-electron chi connectivity index (χ4n) is 3.00. The minimum absolute atomic E-state index is 0.0326. The van der Waals surface area contributed by atoms with E-state index in [0.717, 1.165) is 12.1 Å². The number of aromatic nitrogens is 2. The van der Waals surface area contributed by atoms with Crippen LogP contribution >= 0.6 is 0 Å². The predicted molar refractivity (Wildman–Crippen MR) is 96.4 cm³/mol. The van der Waals surface area contributed by atoms with Gasteiger partial charge in [-0.3, -0.25) is 4.79 Å². The second kappa shape index (κ2) is 6.88. The molecular weight excluding hydrogens is 368 g/mol. The lowest BCUT2D eigenvalue weighted by Crippen LogP contribution is -2.27. The summed E-state index contributed by atoms with van der Waals surface area (Å²) in [5.41, 5.74) is 1.64. The van der Waals surface area contributed by atoms with E-state index in [0.29, 0.717) is 28.1 Å². The van der Waals surface area contributed by atoms with E-state index >= 15 is 0 Å². The SMILES string of the molecule is Cc1noc2nc(-c3ccco3)cc(C(=O)N(C)Cc3ccc(F)cc3F)c12. The van der Waals surface area contributed by atoms with E-state index in [1.165, 1.54) is 24.3 Å². The summed E-state index contributed by atoms with van der Waals surface area (Å²) in [6.07, 6.45) is 1.50. The van der Waals surface area contributed by atoms with Crippen LogP contribution in [0.1, 0.15) is 21.6 Å². The first-order valence-corrected chi connectivity index (χ1v) is 8.44. The maximum atomic E-state index is 14.0. The molecule has 0 aliphatic rings. The molecule has 8 heteroatoms. The molecule has 0 fully saturated rings. The second-order valence-electron chi connectivity index (χ2n) is 6.38. The Morgan fingerprint density at radius 1 is 1.21 bits per heavy atom. The Balaban J connectivity index is 1.74. The average molecular weight is 383 g/mol. The molecule has 0 unspecified atom stereocenters. The molecule has 0 bridgehead atoms. The lowest BCUT2D eigenvalue weighted by atomic mass is 10.1. The van der Waals surface area contributed by atoms with Crippen molar-refractivity contribution in [3.05, 3.63) is 71.1 Å². The molecule has 0 saturated heterocycles. The first-order valence-electron chi connectivity index (χ1n) is 8.44. The summed E-state index contributed by atoms with van der Waals surface area (Å²) in [6, 6.07) is 8.26. The number of carbonyl (C=O) groups is 1. The van der Waals surface area contributed by atoms with Crippen molar-refractivity contribution < 1.29 is 22.5 Å². The summed E-state index contributed by atoms with van der Waals surface area (Å²) in [7, 11) is 1.53. The van der Waals surface area contributed by atoms with E-state index < -0.39 is 11.6 Å². The van der Waals surface area contributed by atoms with E-state index in [1.54, 1.807) is 25.1 Å². The fraction of sp³-hybridized carbons (Fsp3) is 0.150. The van der Waals surface area contributed by atoms with Gasteiger partial charge in [0.15, 0.2) is 5.76 Å². The number of hydrogen-bond acceptors (Lipinski definition) is 5. The molecule has 6 nitrogen and oxygen atoms in total. The molecule has 4 aromatic rings. The van der Waals surface area contributed by atoms with Crippen LogP contribution in [0.4, 0.5) is 8.78 Å². The molecule has 0 atom stereocenters. The van der Waals surface area contributed by atoms with Crippen molar-refractivity contribution in [2.75, 3.05) is 7.05 Å². The van der Waals surface area contributed by atoms with Gasteiger partial charge in [0.05, 0.1) is 22.9 Å². The highest BCUT2D eigenvalue weighted by molar-refractivity contribution is 6.06. The van der Waals surface area contributed by atoms with Gasteiger partial charge < -0.3 is 13.8 Å². The summed E-state index contributed by atoms with van der Waals surface area (Å²) in [5, 5.41) is 4.37. The van der Waals surface area contributed by atoms with Crippen molar-refractivity contribution in [1.82, 2.24) is 15.0 Å². The Hall–Kier alpha value is -3.55. The average Bonchev–Trinajstić information content (AvgIpc) is 3.33. The first-order chi connectivity index (χ1) is 13.4. The first kappa shape index (κ1) is 17.8. The third-order valence-corrected chi connectivity index (χ3v) is 4.39. The van der Waals surface area contributed by atoms with Crippen LogP contribution in [-0.4, -0.2) is 28.0 Å². The van der Waals surface area contributed by atoms with Gasteiger partial charge in [0.1, 0.15) is 17.3 Å². The number of carbonyl (C=O) groups excluding carboxylic acids is 1. The van der Waals surface area contributed by atoms with Crippen molar-refractivity contribution in [3.63, 3.8) is 0 Å².